The van der Waals surface area contributed by atoms with Crippen LogP contribution in [0.3, 0.4) is 0 Å². The molecule has 1 N–H and O–H groups in total. The van der Waals surface area contributed by atoms with Crippen molar-refractivity contribution in [2.24, 2.45) is 0 Å². The molecular weight excluding hydrogens is 450 g/mol. The number of fused-ring (bicyclic) bond motifs is 1. The average Bonchev–Trinajstić information content (AvgIpc) is 3.46. The molecule has 2 aromatic heterocycles. The van der Waals surface area contributed by atoms with Gasteiger partial charge in [-0.05, 0) is 17.7 Å². The predicted octanol–water partition coefficient (Wildman–Crippen LogP) is 1.64. The Bertz CT molecular complexity index is 1090. The van der Waals surface area contributed by atoms with E-state index >= 15 is 0 Å². The molecule has 3 aromatic rings. The average molecular weight is 483 g/mol. The minimum Gasteiger partial charge on any atom is -0.439 e. The number of pyridine rings is 1. The van der Waals surface area contributed by atoms with Crippen molar-refractivity contribution in [3.63, 3.8) is 0 Å². The van der Waals surface area contributed by atoms with Crippen molar-refractivity contribution < 1.29 is 28.6 Å². The van der Waals surface area contributed by atoms with E-state index in [-0.39, 0.29) is 6.61 Å². The van der Waals surface area contributed by atoms with E-state index in [9.17, 15) is 0 Å². The summed E-state index contributed by atoms with van der Waals surface area (Å²) in [6.07, 6.45) is 7.92. The van der Waals surface area contributed by atoms with Crippen molar-refractivity contribution in [2.45, 2.75) is 19.7 Å². The molecule has 0 amide bonds. The number of benzene rings is 1. The number of para-hydroxylation sites is 2. The first kappa shape index (κ1) is 24.8. The number of rotatable bonds is 14. The van der Waals surface area contributed by atoms with Gasteiger partial charge in [-0.15, -0.1) is 5.10 Å². The van der Waals surface area contributed by atoms with Crippen LogP contribution in [-0.4, -0.2) is 66.8 Å². The second-order valence-electron chi connectivity index (χ2n) is 7.95. The summed E-state index contributed by atoms with van der Waals surface area (Å²) in [7, 11) is 2.00. The van der Waals surface area contributed by atoms with E-state index in [0.29, 0.717) is 46.2 Å². The molecule has 0 unspecified atom stereocenters. The molecular formula is C25H32N5O5+. The third-order valence-electron chi connectivity index (χ3n) is 5.38. The second kappa shape index (κ2) is 13.0. The Kier molecular flexibility index (Phi) is 9.18. The van der Waals surface area contributed by atoms with Crippen LogP contribution in [0.5, 0.6) is 5.75 Å². The molecule has 0 fully saturated rings. The first-order valence-electron chi connectivity index (χ1n) is 11.7. The molecule has 10 nitrogen and oxygen atoms in total. The maximum absolute atomic E-state index is 8.71. The van der Waals surface area contributed by atoms with Gasteiger partial charge in [-0.2, -0.15) is 0 Å². The van der Waals surface area contributed by atoms with Crippen LogP contribution in [0.15, 0.2) is 60.9 Å². The smallest absolute Gasteiger partial charge is 0.200 e. The third-order valence-corrected chi connectivity index (χ3v) is 5.38. The molecule has 10 heteroatoms. The van der Waals surface area contributed by atoms with Crippen molar-refractivity contribution in [2.75, 3.05) is 51.6 Å². The van der Waals surface area contributed by atoms with Gasteiger partial charge in [0.25, 0.3) is 0 Å². The Morgan fingerprint density at radius 2 is 1.80 bits per heavy atom. The maximum Gasteiger partial charge on any atom is 0.200 e. The van der Waals surface area contributed by atoms with Gasteiger partial charge in [-0.25, -0.2) is 9.25 Å². The molecule has 0 saturated heterocycles. The van der Waals surface area contributed by atoms with Gasteiger partial charge in [0.15, 0.2) is 24.7 Å². The lowest BCUT2D eigenvalue weighted by Crippen LogP contribution is -2.35. The SMILES string of the molecule is CN1C(=Cc2cc[n+](CCOCCOCCn3cc(COCCO)nn3)cc2)Oc2ccccc21. The van der Waals surface area contributed by atoms with Gasteiger partial charge < -0.3 is 29.0 Å². The fourth-order valence-corrected chi connectivity index (χ4v) is 3.51. The lowest BCUT2D eigenvalue weighted by atomic mass is 10.2. The highest BCUT2D eigenvalue weighted by Crippen LogP contribution is 2.37. The topological polar surface area (TPSA) is 95.0 Å². The van der Waals surface area contributed by atoms with Crippen LogP contribution in [-0.2, 0) is 33.9 Å². The van der Waals surface area contributed by atoms with Gasteiger partial charge >= 0.3 is 0 Å². The Morgan fingerprint density at radius 1 is 1.00 bits per heavy atom. The lowest BCUT2D eigenvalue weighted by molar-refractivity contribution is -0.698. The largest absolute Gasteiger partial charge is 0.439 e. The predicted molar refractivity (Wildman–Crippen MR) is 128 cm³/mol. The summed E-state index contributed by atoms with van der Waals surface area (Å²) in [5.41, 5.74) is 2.87. The fraction of sp³-hybridized carbons (Fsp3) is 0.400. The minimum atomic E-state index is -0.00276. The highest BCUT2D eigenvalue weighted by molar-refractivity contribution is 5.70. The Hall–Kier alpha value is -3.31. The van der Waals surface area contributed by atoms with Gasteiger partial charge in [0.1, 0.15) is 12.3 Å². The number of anilines is 1. The van der Waals surface area contributed by atoms with Crippen LogP contribution in [0.25, 0.3) is 6.08 Å². The van der Waals surface area contributed by atoms with Crippen molar-refractivity contribution >= 4 is 11.8 Å². The number of aliphatic hydroxyl groups excluding tert-OH is 1. The summed E-state index contributed by atoms with van der Waals surface area (Å²) in [4.78, 5) is 2.05. The summed E-state index contributed by atoms with van der Waals surface area (Å²) in [6.45, 7) is 4.19. The Labute approximate surface area is 204 Å². The Morgan fingerprint density at radius 3 is 2.60 bits per heavy atom. The van der Waals surface area contributed by atoms with Gasteiger partial charge in [0.05, 0.1) is 58.1 Å². The maximum atomic E-state index is 8.71. The molecule has 0 saturated carbocycles. The van der Waals surface area contributed by atoms with Gasteiger partial charge in [-0.1, -0.05) is 17.3 Å². The molecule has 186 valence electrons. The van der Waals surface area contributed by atoms with Gasteiger partial charge in [0.2, 0.25) is 5.88 Å². The summed E-state index contributed by atoms with van der Waals surface area (Å²) >= 11 is 0. The highest BCUT2D eigenvalue weighted by atomic mass is 16.5. The van der Waals surface area contributed by atoms with Crippen LogP contribution in [0.4, 0.5) is 5.69 Å². The molecule has 1 aliphatic heterocycles. The van der Waals surface area contributed by atoms with E-state index in [1.807, 2.05) is 60.9 Å². The van der Waals surface area contributed by atoms with Crippen LogP contribution in [0.2, 0.25) is 0 Å². The minimum absolute atomic E-state index is 0.00276. The van der Waals surface area contributed by atoms with E-state index in [1.54, 1.807) is 4.68 Å². The standard InChI is InChI=1S/C25H32N5O5/c1-28-23-4-2-3-5-24(23)35-25(28)18-21-6-8-29(9-7-21)10-13-32-16-17-33-14-11-30-19-22(26-27-30)20-34-15-12-31/h2-9,18-19,31H,10-17,20H2,1H3/q+1. The van der Waals surface area contributed by atoms with E-state index < -0.39 is 0 Å². The number of hydrogen-bond acceptors (Lipinski definition) is 8. The zero-order valence-corrected chi connectivity index (χ0v) is 20.0. The monoisotopic (exact) mass is 482 g/mol. The van der Waals surface area contributed by atoms with E-state index in [2.05, 4.69) is 27.0 Å². The zero-order chi connectivity index (χ0) is 24.3. The van der Waals surface area contributed by atoms with Crippen molar-refractivity contribution in [3.05, 3.63) is 72.1 Å². The highest BCUT2D eigenvalue weighted by Gasteiger charge is 2.22. The second-order valence-corrected chi connectivity index (χ2v) is 7.95. The number of aliphatic hydroxyl groups is 1. The number of ether oxygens (including phenoxy) is 4. The van der Waals surface area contributed by atoms with E-state index in [4.69, 9.17) is 24.1 Å². The van der Waals surface area contributed by atoms with Gasteiger partial charge in [0, 0.05) is 25.3 Å². The van der Waals surface area contributed by atoms with Crippen molar-refractivity contribution in [1.29, 1.82) is 0 Å². The molecule has 35 heavy (non-hydrogen) atoms. The quantitative estimate of drug-likeness (QED) is 0.274. The number of hydrogen-bond donors (Lipinski definition) is 1. The molecule has 1 aliphatic rings. The molecule has 1 aromatic carbocycles. The van der Waals surface area contributed by atoms with Crippen LogP contribution >= 0.6 is 0 Å². The van der Waals surface area contributed by atoms with Crippen LogP contribution in [0, 0.1) is 0 Å². The van der Waals surface area contributed by atoms with Crippen LogP contribution in [0.1, 0.15) is 11.3 Å². The molecule has 0 atom stereocenters. The molecule has 0 spiro atoms. The van der Waals surface area contributed by atoms with Gasteiger partial charge in [-0.3, -0.25) is 0 Å². The molecule has 0 radical (unpaired) electrons. The van der Waals surface area contributed by atoms with Crippen molar-refractivity contribution in [1.82, 2.24) is 15.0 Å². The fourth-order valence-electron chi connectivity index (χ4n) is 3.51. The molecule has 0 aliphatic carbocycles. The lowest BCUT2D eigenvalue weighted by Gasteiger charge is -2.10. The summed E-state index contributed by atoms with van der Waals surface area (Å²) in [5, 5.41) is 16.7. The molecule has 4 rings (SSSR count). The first-order valence-corrected chi connectivity index (χ1v) is 11.7. The molecule has 3 heterocycles. The van der Waals surface area contributed by atoms with Crippen LogP contribution < -0.4 is 14.2 Å². The van der Waals surface area contributed by atoms with E-state index in [1.165, 1.54) is 0 Å². The normalized spacial score (nSPS) is 13.9. The van der Waals surface area contributed by atoms with E-state index in [0.717, 1.165) is 35.1 Å². The first-order chi connectivity index (χ1) is 17.2. The summed E-state index contributed by atoms with van der Waals surface area (Å²) in [5.74, 6) is 1.69. The number of nitrogens with zero attached hydrogens (tertiary/aromatic N) is 5. The Balaban J connectivity index is 1.08. The third kappa shape index (κ3) is 7.33. The summed E-state index contributed by atoms with van der Waals surface area (Å²) < 4.78 is 26.2. The molecule has 0 bridgehead atoms. The zero-order valence-electron chi connectivity index (χ0n) is 20.0. The van der Waals surface area contributed by atoms with Crippen molar-refractivity contribution in [3.8, 4) is 5.75 Å². The number of aromatic nitrogens is 4. The summed E-state index contributed by atoms with van der Waals surface area (Å²) in [6, 6.07) is 12.1.